The first-order valence-electron chi connectivity index (χ1n) is 7.03. The Kier molecular flexibility index (Phi) is 3.49. The zero-order valence-electron chi connectivity index (χ0n) is 12.1. The molecule has 0 amide bonds. The maximum atomic E-state index is 9.78. The fourth-order valence-corrected chi connectivity index (χ4v) is 3.64. The third-order valence-electron chi connectivity index (χ3n) is 4.36. The van der Waals surface area contributed by atoms with Crippen molar-refractivity contribution in [2.75, 3.05) is 13.2 Å². The maximum Gasteiger partial charge on any atom is 0.293 e. The minimum Gasteiger partial charge on any atom is -0.386 e. The molecule has 1 aliphatic heterocycles. The summed E-state index contributed by atoms with van der Waals surface area (Å²) in [4.78, 5) is 4.25. The van der Waals surface area contributed by atoms with Gasteiger partial charge in [-0.2, -0.15) is 10.5 Å². The van der Waals surface area contributed by atoms with E-state index in [1.54, 1.807) is 13.8 Å². The van der Waals surface area contributed by atoms with Gasteiger partial charge in [-0.3, -0.25) is 0 Å². The van der Waals surface area contributed by atoms with Crippen molar-refractivity contribution in [1.29, 1.82) is 10.5 Å². The van der Waals surface area contributed by atoms with E-state index in [2.05, 4.69) is 17.1 Å². The van der Waals surface area contributed by atoms with Gasteiger partial charge in [0.05, 0.1) is 12.1 Å². The van der Waals surface area contributed by atoms with Crippen LogP contribution in [0.25, 0.3) is 0 Å². The van der Waals surface area contributed by atoms with E-state index in [4.69, 9.17) is 15.2 Å². The van der Waals surface area contributed by atoms with Gasteiger partial charge in [0.25, 0.3) is 5.91 Å². The van der Waals surface area contributed by atoms with Crippen LogP contribution in [0.2, 0.25) is 0 Å². The number of nitrogens with two attached hydrogens (primary N) is 1. The lowest BCUT2D eigenvalue weighted by molar-refractivity contribution is -0.257. The summed E-state index contributed by atoms with van der Waals surface area (Å²) in [6.45, 7) is 6.30. The molecule has 2 rings (SSSR count). The summed E-state index contributed by atoms with van der Waals surface area (Å²) in [7, 11) is 0. The van der Waals surface area contributed by atoms with Gasteiger partial charge in [0.2, 0.25) is 0 Å². The van der Waals surface area contributed by atoms with E-state index in [9.17, 15) is 10.5 Å². The topological polar surface area (TPSA) is 104 Å². The molecule has 0 radical (unpaired) electrons. The molecule has 0 aromatic rings. The second-order valence-electron chi connectivity index (χ2n) is 5.13. The van der Waals surface area contributed by atoms with Crippen molar-refractivity contribution in [1.82, 2.24) is 0 Å². The molecule has 1 heterocycles. The maximum absolute atomic E-state index is 9.78. The highest BCUT2D eigenvalue weighted by molar-refractivity contribution is 5.98. The van der Waals surface area contributed by atoms with Gasteiger partial charge < -0.3 is 15.2 Å². The van der Waals surface area contributed by atoms with Crippen LogP contribution in [0.3, 0.4) is 0 Å². The standard InChI is InChI=1S/C14H20N4O2/c1-4-7-10-12(8-15)11(17)18-14(19-5-2,20-6-3)13(10,12)9-16/h10H,4-7H2,1-3H3,(H2,17,18)/t10-,12-,13-/m1/s1. The largest absolute Gasteiger partial charge is 0.386 e. The van der Waals surface area contributed by atoms with E-state index in [1.807, 2.05) is 6.92 Å². The van der Waals surface area contributed by atoms with Crippen LogP contribution >= 0.6 is 0 Å². The Balaban J connectivity index is 2.57. The van der Waals surface area contributed by atoms with Crippen LogP contribution < -0.4 is 5.73 Å². The highest BCUT2D eigenvalue weighted by Gasteiger charge is 2.92. The molecule has 3 atom stereocenters. The summed E-state index contributed by atoms with van der Waals surface area (Å²) in [5.74, 6) is -1.46. The summed E-state index contributed by atoms with van der Waals surface area (Å²) < 4.78 is 11.4. The summed E-state index contributed by atoms with van der Waals surface area (Å²) in [6, 6.07) is 4.49. The van der Waals surface area contributed by atoms with Crippen molar-refractivity contribution in [3.05, 3.63) is 0 Å². The summed E-state index contributed by atoms with van der Waals surface area (Å²) in [6.07, 6.45) is 1.58. The molecule has 1 aliphatic carbocycles. The van der Waals surface area contributed by atoms with E-state index < -0.39 is 16.7 Å². The van der Waals surface area contributed by atoms with Crippen LogP contribution in [0.15, 0.2) is 4.99 Å². The van der Waals surface area contributed by atoms with E-state index >= 15 is 0 Å². The van der Waals surface area contributed by atoms with Crippen molar-refractivity contribution in [2.24, 2.45) is 27.5 Å². The van der Waals surface area contributed by atoms with E-state index in [0.717, 1.165) is 12.8 Å². The average molecular weight is 276 g/mol. The predicted molar refractivity (Wildman–Crippen MR) is 72.1 cm³/mol. The van der Waals surface area contributed by atoms with Gasteiger partial charge >= 0.3 is 0 Å². The summed E-state index contributed by atoms with van der Waals surface area (Å²) in [5, 5.41) is 19.4. The first-order valence-corrected chi connectivity index (χ1v) is 7.03. The zero-order valence-corrected chi connectivity index (χ0v) is 12.1. The lowest BCUT2D eigenvalue weighted by Gasteiger charge is -2.31. The molecule has 0 spiro atoms. The smallest absolute Gasteiger partial charge is 0.293 e. The van der Waals surface area contributed by atoms with Gasteiger partial charge in [0, 0.05) is 19.1 Å². The monoisotopic (exact) mass is 276 g/mol. The second kappa shape index (κ2) is 4.73. The number of hydrogen-bond donors (Lipinski definition) is 1. The van der Waals surface area contributed by atoms with Gasteiger partial charge in [0.15, 0.2) is 5.41 Å². The van der Waals surface area contributed by atoms with E-state index in [1.165, 1.54) is 0 Å². The molecule has 0 unspecified atom stereocenters. The lowest BCUT2D eigenvalue weighted by atomic mass is 9.93. The fourth-order valence-electron chi connectivity index (χ4n) is 3.64. The molecule has 108 valence electrons. The number of fused-ring (bicyclic) bond motifs is 1. The Hall–Kier alpha value is -1.63. The highest BCUT2D eigenvalue weighted by Crippen LogP contribution is 2.79. The van der Waals surface area contributed by atoms with Gasteiger partial charge in [-0.25, -0.2) is 4.99 Å². The third-order valence-corrected chi connectivity index (χ3v) is 4.36. The quantitative estimate of drug-likeness (QED) is 0.741. The molecule has 1 fully saturated rings. The average Bonchev–Trinajstić information content (AvgIpc) is 2.96. The Morgan fingerprint density at radius 1 is 1.20 bits per heavy atom. The van der Waals surface area contributed by atoms with Gasteiger partial charge in [-0.15, -0.1) is 0 Å². The normalized spacial score (nSPS) is 36.6. The van der Waals surface area contributed by atoms with Crippen molar-refractivity contribution < 1.29 is 9.47 Å². The molecule has 0 aromatic carbocycles. The van der Waals surface area contributed by atoms with Crippen molar-refractivity contribution in [2.45, 2.75) is 39.5 Å². The second-order valence-corrected chi connectivity index (χ2v) is 5.13. The lowest BCUT2D eigenvalue weighted by Crippen LogP contribution is -2.43. The minimum atomic E-state index is -1.44. The van der Waals surface area contributed by atoms with E-state index in [-0.39, 0.29) is 11.8 Å². The molecule has 20 heavy (non-hydrogen) atoms. The molecule has 0 saturated heterocycles. The Morgan fingerprint density at radius 2 is 1.80 bits per heavy atom. The highest BCUT2D eigenvalue weighted by atomic mass is 16.7. The number of amidine groups is 1. The predicted octanol–water partition coefficient (Wildman–Crippen LogP) is 1.53. The van der Waals surface area contributed by atoms with Gasteiger partial charge in [-0.1, -0.05) is 13.3 Å². The first-order chi connectivity index (χ1) is 9.56. The van der Waals surface area contributed by atoms with Gasteiger partial charge in [-0.05, 0) is 20.3 Å². The number of hydrogen-bond acceptors (Lipinski definition) is 6. The Labute approximate surface area is 119 Å². The van der Waals surface area contributed by atoms with Crippen LogP contribution in [0.4, 0.5) is 0 Å². The number of ether oxygens (including phenoxy) is 2. The molecule has 2 aliphatic rings. The van der Waals surface area contributed by atoms with Gasteiger partial charge in [0.1, 0.15) is 11.3 Å². The van der Waals surface area contributed by atoms with Crippen LogP contribution in [0.1, 0.15) is 33.6 Å². The molecule has 2 N–H and O–H groups in total. The Bertz CT molecular complexity index is 512. The van der Waals surface area contributed by atoms with Crippen molar-refractivity contribution in [3.8, 4) is 12.1 Å². The van der Waals surface area contributed by atoms with Crippen LogP contribution in [-0.2, 0) is 9.47 Å². The molecular formula is C14H20N4O2. The number of rotatable bonds is 6. The molecule has 1 saturated carbocycles. The minimum absolute atomic E-state index is 0.168. The molecule has 6 nitrogen and oxygen atoms in total. The number of nitriles is 2. The SMILES string of the molecule is CCC[C@@H]1[C@]2(C#N)C(N)=NC(OCC)(OCC)[C@]12C#N. The van der Waals surface area contributed by atoms with Crippen molar-refractivity contribution in [3.63, 3.8) is 0 Å². The number of aliphatic imine (C=N–C) groups is 1. The summed E-state index contributed by atoms with van der Waals surface area (Å²) in [5.41, 5.74) is 3.81. The van der Waals surface area contributed by atoms with Crippen LogP contribution in [-0.4, -0.2) is 25.0 Å². The van der Waals surface area contributed by atoms with E-state index in [0.29, 0.717) is 13.2 Å². The molecule has 6 heteroatoms. The third kappa shape index (κ3) is 1.31. The fraction of sp³-hybridized carbons (Fsp3) is 0.786. The number of nitrogens with zero attached hydrogens (tertiary/aromatic N) is 3. The van der Waals surface area contributed by atoms with Crippen molar-refractivity contribution >= 4 is 5.84 Å². The van der Waals surface area contributed by atoms with Crippen LogP contribution in [0.5, 0.6) is 0 Å². The molecular weight excluding hydrogens is 256 g/mol. The Morgan fingerprint density at radius 3 is 2.20 bits per heavy atom. The summed E-state index contributed by atoms with van der Waals surface area (Å²) >= 11 is 0. The molecule has 0 bridgehead atoms. The first kappa shape index (κ1) is 14.8. The zero-order chi connectivity index (χ0) is 15.0. The van der Waals surface area contributed by atoms with Crippen LogP contribution in [0, 0.1) is 39.4 Å². The molecule has 0 aromatic heterocycles.